The smallest absolute Gasteiger partial charge is 0.185 e. The number of carbonyl (C=O) groups excluding carboxylic acids is 1. The van der Waals surface area contributed by atoms with Crippen molar-refractivity contribution in [2.75, 3.05) is 0 Å². The van der Waals surface area contributed by atoms with Gasteiger partial charge < -0.3 is 5.11 Å². The third-order valence-electron chi connectivity index (χ3n) is 2.36. The van der Waals surface area contributed by atoms with E-state index >= 15 is 0 Å². The molecule has 0 heterocycles. The van der Waals surface area contributed by atoms with Crippen LogP contribution in [0.25, 0.3) is 6.08 Å². The Bertz CT molecular complexity index is 542. The highest BCUT2D eigenvalue weighted by Crippen LogP contribution is 2.12. The van der Waals surface area contributed by atoms with Gasteiger partial charge >= 0.3 is 0 Å². The van der Waals surface area contributed by atoms with Gasteiger partial charge in [0.05, 0.1) is 0 Å². The molecule has 0 aliphatic carbocycles. The molecule has 2 rings (SSSR count). The predicted octanol–water partition coefficient (Wildman–Crippen LogP) is 3.29. The Balaban J connectivity index is 2.15. The van der Waals surface area contributed by atoms with Gasteiger partial charge in [0.25, 0.3) is 0 Å². The van der Waals surface area contributed by atoms with Crippen molar-refractivity contribution in [2.24, 2.45) is 0 Å². The van der Waals surface area contributed by atoms with Crippen LogP contribution in [0.2, 0.25) is 0 Å². The van der Waals surface area contributed by atoms with Gasteiger partial charge in [-0.1, -0.05) is 48.5 Å². The Hall–Kier alpha value is -2.35. The molecule has 0 aliphatic rings. The van der Waals surface area contributed by atoms with E-state index in [0.29, 0.717) is 5.56 Å². The molecule has 0 saturated heterocycles. The summed E-state index contributed by atoms with van der Waals surface area (Å²) in [5.74, 6) is -0.0197. The van der Waals surface area contributed by atoms with Gasteiger partial charge in [-0.15, -0.1) is 0 Å². The molecule has 84 valence electrons. The molecule has 0 unspecified atom stereocenters. The van der Waals surface area contributed by atoms with Crippen molar-refractivity contribution < 1.29 is 9.90 Å². The Morgan fingerprint density at radius 1 is 1.00 bits per heavy atom. The van der Waals surface area contributed by atoms with Gasteiger partial charge in [0.2, 0.25) is 0 Å². The molecule has 0 aliphatic heterocycles. The average molecular weight is 224 g/mol. The molecular weight excluding hydrogens is 212 g/mol. The fourth-order valence-electron chi connectivity index (χ4n) is 1.49. The number of aromatic hydroxyl groups is 1. The van der Waals surface area contributed by atoms with Crippen LogP contribution in [0.4, 0.5) is 0 Å². The fraction of sp³-hybridized carbons (Fsp3) is 0. The molecule has 0 amide bonds. The molecule has 0 aromatic heterocycles. The maximum atomic E-state index is 11.8. The van der Waals surface area contributed by atoms with Crippen molar-refractivity contribution in [1.29, 1.82) is 0 Å². The first-order valence-corrected chi connectivity index (χ1v) is 5.32. The first-order chi connectivity index (χ1) is 8.25. The average Bonchev–Trinajstić information content (AvgIpc) is 2.37. The van der Waals surface area contributed by atoms with E-state index in [1.807, 2.05) is 30.3 Å². The number of carbonyl (C=O) groups is 1. The quantitative estimate of drug-likeness (QED) is 0.641. The molecule has 2 aromatic rings. The fourth-order valence-corrected chi connectivity index (χ4v) is 1.49. The highest BCUT2D eigenvalue weighted by atomic mass is 16.3. The summed E-state index contributed by atoms with van der Waals surface area (Å²) in [4.78, 5) is 11.8. The van der Waals surface area contributed by atoms with Crippen molar-refractivity contribution in [3.63, 3.8) is 0 Å². The zero-order valence-electron chi connectivity index (χ0n) is 9.21. The van der Waals surface area contributed by atoms with Gasteiger partial charge in [0, 0.05) is 5.56 Å². The van der Waals surface area contributed by atoms with Crippen molar-refractivity contribution in [3.05, 3.63) is 71.8 Å². The molecule has 0 atom stereocenters. The van der Waals surface area contributed by atoms with Crippen LogP contribution >= 0.6 is 0 Å². The number of hydrogen-bond acceptors (Lipinski definition) is 2. The predicted molar refractivity (Wildman–Crippen MR) is 67.9 cm³/mol. The molecule has 2 heteroatoms. The largest absolute Gasteiger partial charge is 0.508 e. The minimum atomic E-state index is -0.121. The lowest BCUT2D eigenvalue weighted by Gasteiger charge is -1.96. The van der Waals surface area contributed by atoms with Crippen LogP contribution in [0.3, 0.4) is 0 Å². The van der Waals surface area contributed by atoms with E-state index in [1.165, 1.54) is 18.2 Å². The van der Waals surface area contributed by atoms with E-state index in [1.54, 1.807) is 18.2 Å². The summed E-state index contributed by atoms with van der Waals surface area (Å²) in [7, 11) is 0. The van der Waals surface area contributed by atoms with Gasteiger partial charge in [-0.2, -0.15) is 0 Å². The summed E-state index contributed by atoms with van der Waals surface area (Å²) >= 11 is 0. The zero-order chi connectivity index (χ0) is 12.1. The molecule has 0 bridgehead atoms. The molecule has 2 nitrogen and oxygen atoms in total. The number of rotatable bonds is 3. The van der Waals surface area contributed by atoms with Gasteiger partial charge in [0.1, 0.15) is 5.75 Å². The lowest BCUT2D eigenvalue weighted by molar-refractivity contribution is 0.104. The number of phenols is 1. The van der Waals surface area contributed by atoms with Gasteiger partial charge in [-0.3, -0.25) is 4.79 Å². The van der Waals surface area contributed by atoms with E-state index in [0.717, 1.165) is 5.56 Å². The van der Waals surface area contributed by atoms with Gasteiger partial charge in [0.15, 0.2) is 5.78 Å². The van der Waals surface area contributed by atoms with Crippen LogP contribution in [-0.2, 0) is 0 Å². The molecule has 0 fully saturated rings. The van der Waals surface area contributed by atoms with Gasteiger partial charge in [-0.05, 0) is 23.8 Å². The van der Waals surface area contributed by atoms with Crippen LogP contribution in [0.5, 0.6) is 5.75 Å². The number of benzene rings is 2. The molecule has 17 heavy (non-hydrogen) atoms. The van der Waals surface area contributed by atoms with E-state index < -0.39 is 0 Å². The second-order valence-electron chi connectivity index (χ2n) is 3.66. The van der Waals surface area contributed by atoms with Crippen LogP contribution in [0.1, 0.15) is 15.9 Å². The summed E-state index contributed by atoms with van der Waals surface area (Å²) in [5, 5.41) is 9.27. The van der Waals surface area contributed by atoms with Crippen molar-refractivity contribution in [3.8, 4) is 5.75 Å². The van der Waals surface area contributed by atoms with Crippen molar-refractivity contribution in [1.82, 2.24) is 0 Å². The van der Waals surface area contributed by atoms with Gasteiger partial charge in [-0.25, -0.2) is 0 Å². The lowest BCUT2D eigenvalue weighted by Crippen LogP contribution is -1.92. The van der Waals surface area contributed by atoms with E-state index in [9.17, 15) is 9.90 Å². The number of ketones is 1. The summed E-state index contributed by atoms with van der Waals surface area (Å²) in [6.45, 7) is 0. The molecule has 0 saturated carbocycles. The summed E-state index contributed by atoms with van der Waals surface area (Å²) in [6.07, 6.45) is 3.26. The second-order valence-corrected chi connectivity index (χ2v) is 3.66. The standard InChI is InChI=1S/C15H12O2/c16-14-8-4-7-13(11-14)15(17)10-9-12-5-2-1-3-6-12/h1-11,16H/b10-9-. The van der Waals surface area contributed by atoms with Crippen LogP contribution in [0.15, 0.2) is 60.7 Å². The summed E-state index contributed by atoms with van der Waals surface area (Å²) < 4.78 is 0. The number of hydrogen-bond donors (Lipinski definition) is 1. The van der Waals surface area contributed by atoms with E-state index in [4.69, 9.17) is 0 Å². The Morgan fingerprint density at radius 3 is 2.47 bits per heavy atom. The normalized spacial score (nSPS) is 10.6. The topological polar surface area (TPSA) is 37.3 Å². The summed E-state index contributed by atoms with van der Waals surface area (Å²) in [6, 6.07) is 15.9. The third kappa shape index (κ3) is 3.05. The summed E-state index contributed by atoms with van der Waals surface area (Å²) in [5.41, 5.74) is 1.46. The zero-order valence-corrected chi connectivity index (χ0v) is 9.21. The monoisotopic (exact) mass is 224 g/mol. The van der Waals surface area contributed by atoms with Crippen molar-refractivity contribution in [2.45, 2.75) is 0 Å². The van der Waals surface area contributed by atoms with Crippen LogP contribution in [-0.4, -0.2) is 10.9 Å². The number of allylic oxidation sites excluding steroid dienone is 1. The number of phenolic OH excluding ortho intramolecular Hbond substituents is 1. The molecular formula is C15H12O2. The van der Waals surface area contributed by atoms with Crippen LogP contribution < -0.4 is 0 Å². The lowest BCUT2D eigenvalue weighted by atomic mass is 10.1. The molecule has 1 N–H and O–H groups in total. The Labute approximate surface area is 99.8 Å². The van der Waals surface area contributed by atoms with Crippen LogP contribution in [0, 0.1) is 0 Å². The first kappa shape index (κ1) is 11.1. The molecule has 2 aromatic carbocycles. The molecule has 0 spiro atoms. The SMILES string of the molecule is O=C(/C=C\c1ccccc1)c1cccc(O)c1. The van der Waals surface area contributed by atoms with E-state index in [2.05, 4.69) is 0 Å². The third-order valence-corrected chi connectivity index (χ3v) is 2.36. The highest BCUT2D eigenvalue weighted by molar-refractivity contribution is 6.07. The molecule has 0 radical (unpaired) electrons. The van der Waals surface area contributed by atoms with E-state index in [-0.39, 0.29) is 11.5 Å². The highest BCUT2D eigenvalue weighted by Gasteiger charge is 2.01. The first-order valence-electron chi connectivity index (χ1n) is 5.32. The maximum Gasteiger partial charge on any atom is 0.185 e. The Morgan fingerprint density at radius 2 is 1.76 bits per heavy atom. The Kier molecular flexibility index (Phi) is 3.36. The maximum absolute atomic E-state index is 11.8. The van der Waals surface area contributed by atoms with Crippen molar-refractivity contribution >= 4 is 11.9 Å². The second kappa shape index (κ2) is 5.12. The minimum Gasteiger partial charge on any atom is -0.508 e. The minimum absolute atomic E-state index is 0.101.